The summed E-state index contributed by atoms with van der Waals surface area (Å²) in [5.74, 6) is -0.0180. The molecule has 0 bridgehead atoms. The number of likely N-dealkylation sites (N-methyl/N-ethyl adjacent to an activating group) is 1. The molecule has 0 saturated heterocycles. The first-order chi connectivity index (χ1) is 12.2. The summed E-state index contributed by atoms with van der Waals surface area (Å²) in [5.41, 5.74) is 4.89. The first kappa shape index (κ1) is 18.4. The molecule has 1 aliphatic rings. The summed E-state index contributed by atoms with van der Waals surface area (Å²) in [7, 11) is -1.83. The molecular weight excluding hydrogens is 350 g/mol. The number of nitrogens with zero attached hydrogens (tertiary/aromatic N) is 2. The number of aryl methyl sites for hydroxylation is 2. The van der Waals surface area contributed by atoms with Crippen molar-refractivity contribution in [2.24, 2.45) is 5.14 Å². The second-order valence-electron chi connectivity index (χ2n) is 6.78. The number of amides is 1. The van der Waals surface area contributed by atoms with E-state index in [4.69, 9.17) is 5.14 Å². The maximum Gasteiger partial charge on any atom is 0.246 e. The van der Waals surface area contributed by atoms with Gasteiger partial charge in [-0.05, 0) is 61.2 Å². The van der Waals surface area contributed by atoms with Crippen LogP contribution in [-0.2, 0) is 21.2 Å². The fourth-order valence-corrected chi connectivity index (χ4v) is 3.88. The van der Waals surface area contributed by atoms with Gasteiger partial charge >= 0.3 is 0 Å². The molecule has 6 nitrogen and oxygen atoms in total. The molecule has 0 radical (unpaired) electrons. The van der Waals surface area contributed by atoms with Gasteiger partial charge in [0.15, 0.2) is 0 Å². The van der Waals surface area contributed by atoms with E-state index in [1.54, 1.807) is 17.0 Å². The lowest BCUT2D eigenvalue weighted by Gasteiger charge is -2.25. The Hall–Kier alpha value is -2.38. The van der Waals surface area contributed by atoms with E-state index < -0.39 is 10.0 Å². The summed E-state index contributed by atoms with van der Waals surface area (Å²) in [6, 6.07) is 10.8. The van der Waals surface area contributed by atoms with Crippen molar-refractivity contribution in [1.82, 2.24) is 0 Å². The topological polar surface area (TPSA) is 83.7 Å². The van der Waals surface area contributed by atoms with Gasteiger partial charge in [0, 0.05) is 25.0 Å². The molecule has 1 heterocycles. The highest BCUT2D eigenvalue weighted by Gasteiger charge is 2.26. The number of primary sulfonamides is 1. The molecule has 0 aliphatic carbocycles. The number of hydrogen-bond acceptors (Lipinski definition) is 4. The van der Waals surface area contributed by atoms with E-state index in [0.717, 1.165) is 28.1 Å². The van der Waals surface area contributed by atoms with Crippen molar-refractivity contribution in [3.8, 4) is 0 Å². The zero-order valence-electron chi connectivity index (χ0n) is 15.2. The Kier molecular flexibility index (Phi) is 4.77. The van der Waals surface area contributed by atoms with Crippen molar-refractivity contribution in [2.45, 2.75) is 25.2 Å². The van der Waals surface area contributed by atoms with Gasteiger partial charge < -0.3 is 9.80 Å². The molecule has 0 fully saturated rings. The first-order valence-electron chi connectivity index (χ1n) is 8.41. The van der Waals surface area contributed by atoms with Crippen molar-refractivity contribution in [2.75, 3.05) is 29.9 Å². The highest BCUT2D eigenvalue weighted by atomic mass is 32.2. The molecule has 2 aromatic carbocycles. The van der Waals surface area contributed by atoms with E-state index in [-0.39, 0.29) is 17.3 Å². The Bertz CT molecular complexity index is 970. The number of rotatable bonds is 4. The van der Waals surface area contributed by atoms with Crippen molar-refractivity contribution >= 4 is 27.3 Å². The van der Waals surface area contributed by atoms with Gasteiger partial charge in [-0.1, -0.05) is 12.1 Å². The van der Waals surface area contributed by atoms with E-state index in [1.807, 2.05) is 37.9 Å². The average molecular weight is 373 g/mol. The number of sulfonamides is 1. The van der Waals surface area contributed by atoms with Crippen molar-refractivity contribution < 1.29 is 13.2 Å². The molecule has 2 aromatic rings. The van der Waals surface area contributed by atoms with E-state index in [2.05, 4.69) is 6.07 Å². The third-order valence-corrected chi connectivity index (χ3v) is 5.64. The monoisotopic (exact) mass is 373 g/mol. The first-order valence-corrected chi connectivity index (χ1v) is 9.96. The van der Waals surface area contributed by atoms with Gasteiger partial charge in [-0.25, -0.2) is 13.6 Å². The normalized spacial score (nSPS) is 13.6. The maximum absolute atomic E-state index is 12.8. The highest BCUT2D eigenvalue weighted by Crippen LogP contribution is 2.30. The van der Waals surface area contributed by atoms with Crippen LogP contribution in [-0.4, -0.2) is 34.5 Å². The lowest BCUT2D eigenvalue weighted by atomic mass is 10.1. The lowest BCUT2D eigenvalue weighted by Crippen LogP contribution is -2.38. The summed E-state index contributed by atoms with van der Waals surface area (Å²) < 4.78 is 23.0. The Morgan fingerprint density at radius 3 is 2.62 bits per heavy atom. The van der Waals surface area contributed by atoms with Crippen LogP contribution in [0.5, 0.6) is 0 Å². The third-order valence-electron chi connectivity index (χ3n) is 4.72. The fourth-order valence-electron chi connectivity index (χ4n) is 3.32. The largest absolute Gasteiger partial charge is 0.365 e. The summed E-state index contributed by atoms with van der Waals surface area (Å²) in [5, 5.41) is 5.19. The Morgan fingerprint density at radius 1 is 1.19 bits per heavy atom. The number of nitrogens with two attached hydrogens (primary N) is 1. The number of carbonyl (C=O) groups is 1. The molecule has 0 spiro atoms. The second-order valence-corrected chi connectivity index (χ2v) is 8.34. The number of benzene rings is 2. The predicted molar refractivity (Wildman–Crippen MR) is 103 cm³/mol. The van der Waals surface area contributed by atoms with Crippen LogP contribution in [0.1, 0.15) is 16.7 Å². The van der Waals surface area contributed by atoms with Gasteiger partial charge in [-0.3, -0.25) is 4.79 Å². The van der Waals surface area contributed by atoms with Gasteiger partial charge in [0.05, 0.1) is 11.4 Å². The van der Waals surface area contributed by atoms with Crippen molar-refractivity contribution in [3.05, 3.63) is 53.1 Å². The third kappa shape index (κ3) is 3.59. The van der Waals surface area contributed by atoms with Gasteiger partial charge in [-0.2, -0.15) is 0 Å². The molecule has 7 heteroatoms. The minimum Gasteiger partial charge on any atom is -0.365 e. The number of anilines is 2. The molecular formula is C19H23N3O3S. The number of fused-ring (bicyclic) bond motifs is 1. The van der Waals surface area contributed by atoms with Crippen LogP contribution in [0.25, 0.3) is 0 Å². The number of carbonyl (C=O) groups excluding carboxylic acids is 1. The van der Waals surface area contributed by atoms with Crippen LogP contribution in [0.3, 0.4) is 0 Å². The van der Waals surface area contributed by atoms with E-state index in [1.165, 1.54) is 6.07 Å². The standard InChI is InChI=1S/C19H23N3O3S/c1-13-4-5-14(2)18(10-13)21(3)12-19(23)22-9-8-15-11-16(26(20,24)25)6-7-17(15)22/h4-7,10-11H,8-9,12H2,1-3H3,(H2,20,24,25). The molecule has 0 unspecified atom stereocenters. The minimum atomic E-state index is -3.74. The van der Waals surface area contributed by atoms with Crippen LogP contribution in [0.15, 0.2) is 41.3 Å². The van der Waals surface area contributed by atoms with E-state index >= 15 is 0 Å². The zero-order chi connectivity index (χ0) is 19.1. The predicted octanol–water partition coefficient (Wildman–Crippen LogP) is 1.98. The maximum atomic E-state index is 12.8. The van der Waals surface area contributed by atoms with Gasteiger partial charge in [0.25, 0.3) is 0 Å². The molecule has 0 aromatic heterocycles. The SMILES string of the molecule is Cc1ccc(C)c(N(C)CC(=O)N2CCc3cc(S(N)(=O)=O)ccc32)c1. The van der Waals surface area contributed by atoms with Crippen LogP contribution in [0.4, 0.5) is 11.4 Å². The van der Waals surface area contributed by atoms with Crippen molar-refractivity contribution in [1.29, 1.82) is 0 Å². The Balaban J connectivity index is 1.80. The zero-order valence-corrected chi connectivity index (χ0v) is 16.0. The van der Waals surface area contributed by atoms with E-state index in [9.17, 15) is 13.2 Å². The molecule has 0 saturated carbocycles. The van der Waals surface area contributed by atoms with Gasteiger partial charge in [0.2, 0.25) is 15.9 Å². The molecule has 1 aliphatic heterocycles. The smallest absolute Gasteiger partial charge is 0.246 e. The van der Waals surface area contributed by atoms with Crippen LogP contribution >= 0.6 is 0 Å². The molecule has 0 atom stereocenters. The van der Waals surface area contributed by atoms with Crippen LogP contribution < -0.4 is 14.9 Å². The highest BCUT2D eigenvalue weighted by molar-refractivity contribution is 7.89. The Labute approximate surface area is 154 Å². The van der Waals surface area contributed by atoms with Crippen LogP contribution in [0, 0.1) is 13.8 Å². The second kappa shape index (κ2) is 6.74. The fraction of sp³-hybridized carbons (Fsp3) is 0.316. The average Bonchev–Trinajstić information content (AvgIpc) is 2.99. The number of hydrogen-bond donors (Lipinski definition) is 1. The Morgan fingerprint density at radius 2 is 1.92 bits per heavy atom. The molecule has 3 rings (SSSR count). The van der Waals surface area contributed by atoms with E-state index in [0.29, 0.717) is 13.0 Å². The lowest BCUT2D eigenvalue weighted by molar-refractivity contribution is -0.117. The van der Waals surface area contributed by atoms with Gasteiger partial charge in [-0.15, -0.1) is 0 Å². The molecule has 1 amide bonds. The summed E-state index contributed by atoms with van der Waals surface area (Å²) in [4.78, 5) is 16.6. The summed E-state index contributed by atoms with van der Waals surface area (Å²) in [6.07, 6.45) is 0.623. The van der Waals surface area contributed by atoms with Gasteiger partial charge in [0.1, 0.15) is 0 Å². The quantitative estimate of drug-likeness (QED) is 0.888. The summed E-state index contributed by atoms with van der Waals surface area (Å²) in [6.45, 7) is 4.84. The molecule has 26 heavy (non-hydrogen) atoms. The minimum absolute atomic E-state index is 0.0180. The molecule has 138 valence electrons. The summed E-state index contributed by atoms with van der Waals surface area (Å²) >= 11 is 0. The molecule has 2 N–H and O–H groups in total. The van der Waals surface area contributed by atoms with Crippen LogP contribution in [0.2, 0.25) is 0 Å². The van der Waals surface area contributed by atoms with Crippen molar-refractivity contribution in [3.63, 3.8) is 0 Å².